The highest BCUT2D eigenvalue weighted by Crippen LogP contribution is 2.35. The van der Waals surface area contributed by atoms with Gasteiger partial charge in [-0.15, -0.1) is 0 Å². The maximum Gasteiger partial charge on any atom is 0.326 e. The Morgan fingerprint density at radius 3 is 2.67 bits per heavy atom. The SMILES string of the molecule is CCOC(=O)C1(NC(C)C)CCC(N2CCS(=O)CC2)C1. The Morgan fingerprint density at radius 2 is 2.10 bits per heavy atom. The van der Waals surface area contributed by atoms with Gasteiger partial charge in [-0.3, -0.25) is 19.2 Å². The van der Waals surface area contributed by atoms with Crippen LogP contribution in [0.1, 0.15) is 40.0 Å². The highest BCUT2D eigenvalue weighted by Gasteiger charge is 2.48. The first-order chi connectivity index (χ1) is 9.97. The molecule has 1 aliphatic carbocycles. The van der Waals surface area contributed by atoms with E-state index in [2.05, 4.69) is 24.1 Å². The van der Waals surface area contributed by atoms with E-state index in [1.807, 2.05) is 6.92 Å². The van der Waals surface area contributed by atoms with Crippen molar-refractivity contribution in [1.82, 2.24) is 10.2 Å². The monoisotopic (exact) mass is 316 g/mol. The fourth-order valence-electron chi connectivity index (χ4n) is 3.55. The molecule has 1 aliphatic heterocycles. The molecule has 2 rings (SSSR count). The fraction of sp³-hybridized carbons (Fsp3) is 0.933. The van der Waals surface area contributed by atoms with Crippen LogP contribution in [0.2, 0.25) is 0 Å². The van der Waals surface area contributed by atoms with Crippen molar-refractivity contribution in [2.75, 3.05) is 31.2 Å². The topological polar surface area (TPSA) is 58.6 Å². The van der Waals surface area contributed by atoms with Crippen molar-refractivity contribution in [2.45, 2.75) is 57.7 Å². The largest absolute Gasteiger partial charge is 0.465 e. The molecule has 1 saturated carbocycles. The molecular formula is C15H28N2O3S. The lowest BCUT2D eigenvalue weighted by atomic mass is 9.96. The molecule has 0 amide bonds. The van der Waals surface area contributed by atoms with Crippen molar-refractivity contribution in [3.63, 3.8) is 0 Å². The van der Waals surface area contributed by atoms with E-state index in [1.165, 1.54) is 0 Å². The number of nitrogens with zero attached hydrogens (tertiary/aromatic N) is 1. The summed E-state index contributed by atoms with van der Waals surface area (Å²) < 4.78 is 16.8. The van der Waals surface area contributed by atoms with Gasteiger partial charge in [0.05, 0.1) is 6.61 Å². The van der Waals surface area contributed by atoms with Crippen LogP contribution in [-0.2, 0) is 20.3 Å². The fourth-order valence-corrected chi connectivity index (χ4v) is 4.63. The Labute approximate surface area is 130 Å². The Bertz CT molecular complexity index is 392. The maximum absolute atomic E-state index is 12.4. The van der Waals surface area contributed by atoms with Crippen LogP contribution in [0.4, 0.5) is 0 Å². The van der Waals surface area contributed by atoms with Gasteiger partial charge < -0.3 is 4.74 Å². The Kier molecular flexibility index (Phi) is 5.80. The van der Waals surface area contributed by atoms with Gasteiger partial charge in [0.1, 0.15) is 5.54 Å². The maximum atomic E-state index is 12.4. The highest BCUT2D eigenvalue weighted by atomic mass is 32.2. The third kappa shape index (κ3) is 4.05. The van der Waals surface area contributed by atoms with E-state index in [9.17, 15) is 9.00 Å². The van der Waals surface area contributed by atoms with Gasteiger partial charge in [0, 0.05) is 47.5 Å². The molecule has 2 aliphatic rings. The van der Waals surface area contributed by atoms with E-state index in [0.29, 0.717) is 12.6 Å². The molecular weight excluding hydrogens is 288 g/mol. The highest BCUT2D eigenvalue weighted by molar-refractivity contribution is 7.85. The third-order valence-corrected chi connectivity index (χ3v) is 5.72. The first-order valence-corrected chi connectivity index (χ1v) is 9.49. The van der Waals surface area contributed by atoms with Gasteiger partial charge >= 0.3 is 5.97 Å². The van der Waals surface area contributed by atoms with Crippen molar-refractivity contribution in [2.24, 2.45) is 0 Å². The molecule has 0 aromatic carbocycles. The summed E-state index contributed by atoms with van der Waals surface area (Å²) in [7, 11) is -0.650. The zero-order valence-corrected chi connectivity index (χ0v) is 14.2. The van der Waals surface area contributed by atoms with Gasteiger partial charge in [0.15, 0.2) is 0 Å². The molecule has 122 valence electrons. The molecule has 0 spiro atoms. The lowest BCUT2D eigenvalue weighted by Crippen LogP contribution is -2.55. The van der Waals surface area contributed by atoms with Gasteiger partial charge in [-0.05, 0) is 40.0 Å². The molecule has 0 bridgehead atoms. The second kappa shape index (κ2) is 7.20. The summed E-state index contributed by atoms with van der Waals surface area (Å²) in [6, 6.07) is 0.653. The van der Waals surface area contributed by atoms with Crippen LogP contribution in [0.5, 0.6) is 0 Å². The first-order valence-electron chi connectivity index (χ1n) is 8.01. The number of hydrogen-bond acceptors (Lipinski definition) is 5. The van der Waals surface area contributed by atoms with Crippen molar-refractivity contribution in [1.29, 1.82) is 0 Å². The number of carbonyl (C=O) groups is 1. The Balaban J connectivity index is 2.03. The van der Waals surface area contributed by atoms with Crippen molar-refractivity contribution < 1.29 is 13.7 Å². The average Bonchev–Trinajstić information content (AvgIpc) is 2.84. The van der Waals surface area contributed by atoms with Crippen molar-refractivity contribution >= 4 is 16.8 Å². The molecule has 1 saturated heterocycles. The number of esters is 1. The molecule has 1 heterocycles. The van der Waals surface area contributed by atoms with Crippen LogP contribution in [0.15, 0.2) is 0 Å². The van der Waals surface area contributed by atoms with Gasteiger partial charge in [0.2, 0.25) is 0 Å². The van der Waals surface area contributed by atoms with E-state index < -0.39 is 16.3 Å². The average molecular weight is 316 g/mol. The van der Waals surface area contributed by atoms with Crippen LogP contribution >= 0.6 is 0 Å². The van der Waals surface area contributed by atoms with Gasteiger partial charge in [0.25, 0.3) is 0 Å². The summed E-state index contributed by atoms with van der Waals surface area (Å²) in [6.07, 6.45) is 2.64. The Hall–Kier alpha value is -0.460. The van der Waals surface area contributed by atoms with Crippen LogP contribution < -0.4 is 5.32 Å². The zero-order valence-electron chi connectivity index (χ0n) is 13.4. The molecule has 5 nitrogen and oxygen atoms in total. The molecule has 0 aromatic heterocycles. The zero-order chi connectivity index (χ0) is 15.5. The summed E-state index contributed by atoms with van der Waals surface area (Å²) in [6.45, 7) is 8.19. The number of carbonyl (C=O) groups excluding carboxylic acids is 1. The smallest absolute Gasteiger partial charge is 0.326 e. The molecule has 1 N–H and O–H groups in total. The van der Waals surface area contributed by atoms with E-state index >= 15 is 0 Å². The molecule has 2 atom stereocenters. The van der Waals surface area contributed by atoms with E-state index in [0.717, 1.165) is 43.9 Å². The summed E-state index contributed by atoms with van der Waals surface area (Å²) in [5, 5.41) is 3.46. The molecule has 0 radical (unpaired) electrons. The molecule has 2 unspecified atom stereocenters. The molecule has 0 aromatic rings. The predicted octanol–water partition coefficient (Wildman–Crippen LogP) is 0.903. The molecule has 21 heavy (non-hydrogen) atoms. The molecule has 2 fully saturated rings. The quantitative estimate of drug-likeness (QED) is 0.764. The van der Waals surface area contributed by atoms with Gasteiger partial charge in [-0.1, -0.05) is 0 Å². The standard InChI is InChI=1S/C15H28N2O3S/c1-4-20-14(18)15(16-12(2)3)6-5-13(11-15)17-7-9-21(19)10-8-17/h12-13,16H,4-11H2,1-3H3. The van der Waals surface area contributed by atoms with E-state index in [1.54, 1.807) is 0 Å². The second-order valence-electron chi connectivity index (χ2n) is 6.38. The van der Waals surface area contributed by atoms with E-state index in [4.69, 9.17) is 4.74 Å². The summed E-state index contributed by atoms with van der Waals surface area (Å²) in [5.41, 5.74) is -0.536. The van der Waals surface area contributed by atoms with Crippen molar-refractivity contribution in [3.8, 4) is 0 Å². The minimum atomic E-state index is -0.650. The summed E-state index contributed by atoms with van der Waals surface area (Å²) in [4.78, 5) is 14.8. The normalized spacial score (nSPS) is 31.7. The van der Waals surface area contributed by atoms with Crippen LogP contribution in [-0.4, -0.2) is 63.9 Å². The van der Waals surface area contributed by atoms with Crippen LogP contribution in [0, 0.1) is 0 Å². The first kappa shape index (κ1) is 16.9. The van der Waals surface area contributed by atoms with Gasteiger partial charge in [-0.2, -0.15) is 0 Å². The number of ether oxygens (including phenoxy) is 1. The number of rotatable bonds is 5. The third-order valence-electron chi connectivity index (χ3n) is 4.45. The minimum Gasteiger partial charge on any atom is -0.465 e. The summed E-state index contributed by atoms with van der Waals surface area (Å²) in [5.74, 6) is 1.42. The number of hydrogen-bond donors (Lipinski definition) is 1. The lowest BCUT2D eigenvalue weighted by molar-refractivity contribution is -0.151. The second-order valence-corrected chi connectivity index (χ2v) is 8.08. The Morgan fingerprint density at radius 1 is 1.43 bits per heavy atom. The van der Waals surface area contributed by atoms with Gasteiger partial charge in [-0.25, -0.2) is 0 Å². The van der Waals surface area contributed by atoms with E-state index in [-0.39, 0.29) is 12.0 Å². The molecule has 6 heteroatoms. The summed E-state index contributed by atoms with van der Waals surface area (Å²) >= 11 is 0. The minimum absolute atomic E-state index is 0.109. The lowest BCUT2D eigenvalue weighted by Gasteiger charge is -2.34. The van der Waals surface area contributed by atoms with Crippen LogP contribution in [0.25, 0.3) is 0 Å². The predicted molar refractivity (Wildman–Crippen MR) is 84.7 cm³/mol. The van der Waals surface area contributed by atoms with Crippen LogP contribution in [0.3, 0.4) is 0 Å². The van der Waals surface area contributed by atoms with Crippen molar-refractivity contribution in [3.05, 3.63) is 0 Å². The number of nitrogens with one attached hydrogen (secondary N) is 1.